The van der Waals surface area contributed by atoms with Gasteiger partial charge in [-0.25, -0.2) is 19.9 Å². The second-order valence-corrected chi connectivity index (χ2v) is 8.11. The van der Waals surface area contributed by atoms with Crippen molar-refractivity contribution in [2.75, 3.05) is 11.1 Å². The van der Waals surface area contributed by atoms with Crippen molar-refractivity contribution in [2.24, 2.45) is 0 Å². The normalized spacial score (nSPS) is 16.9. The lowest BCUT2D eigenvalue weighted by Gasteiger charge is -2.23. The van der Waals surface area contributed by atoms with Crippen LogP contribution in [0.25, 0.3) is 17.2 Å². The number of benzene rings is 2. The molecule has 1 aliphatic rings. The minimum Gasteiger partial charge on any atom is -0.436 e. The van der Waals surface area contributed by atoms with Crippen molar-refractivity contribution in [3.63, 3.8) is 0 Å². The first-order valence-electron chi connectivity index (χ1n) is 10.7. The Labute approximate surface area is 194 Å². The van der Waals surface area contributed by atoms with Gasteiger partial charge in [0.15, 0.2) is 5.82 Å². The average Bonchev–Trinajstić information content (AvgIpc) is 3.43. The van der Waals surface area contributed by atoms with E-state index in [1.165, 1.54) is 0 Å². The summed E-state index contributed by atoms with van der Waals surface area (Å²) in [5.41, 5.74) is 7.76. The highest BCUT2D eigenvalue weighted by Crippen LogP contribution is 2.44. The lowest BCUT2D eigenvalue weighted by Crippen LogP contribution is -2.32. The zero-order valence-corrected chi connectivity index (χ0v) is 18.1. The minimum absolute atomic E-state index is 0.210. The number of imidazole rings is 1. The maximum absolute atomic E-state index is 13.1. The van der Waals surface area contributed by atoms with Crippen molar-refractivity contribution in [2.45, 2.75) is 12.3 Å². The van der Waals surface area contributed by atoms with Crippen LogP contribution < -0.4 is 15.8 Å². The first kappa shape index (κ1) is 19.9. The lowest BCUT2D eigenvalue weighted by molar-refractivity contribution is -0.119. The standard InChI is InChI=1S/C25H19N7O2/c1-25(15-8-4-2-5-9-15)18-19(26)29-20(30-21(18)31-24(25)33)17-14-32-13-12-27-22(32)23(28-17)34-16-10-6-3-7-11-16/h2-14H,1H3,(H3,26,29,30,31,33). The number of amides is 1. The number of ether oxygens (including phenoxy) is 1. The fraction of sp³-hybridized carbons (Fsp3) is 0.0800. The molecule has 9 nitrogen and oxygen atoms in total. The minimum atomic E-state index is -0.998. The number of rotatable bonds is 4. The number of carbonyl (C=O) groups is 1. The van der Waals surface area contributed by atoms with E-state index in [-0.39, 0.29) is 17.5 Å². The van der Waals surface area contributed by atoms with E-state index in [0.29, 0.717) is 34.4 Å². The van der Waals surface area contributed by atoms with Crippen molar-refractivity contribution in [3.05, 3.63) is 90.4 Å². The molecule has 166 valence electrons. The van der Waals surface area contributed by atoms with Crippen LogP contribution in [0.15, 0.2) is 79.3 Å². The van der Waals surface area contributed by atoms with Crippen molar-refractivity contribution in [1.82, 2.24) is 24.3 Å². The average molecular weight is 449 g/mol. The van der Waals surface area contributed by atoms with Gasteiger partial charge >= 0.3 is 0 Å². The predicted octanol–water partition coefficient (Wildman–Crippen LogP) is 3.82. The van der Waals surface area contributed by atoms with Gasteiger partial charge in [0.25, 0.3) is 5.88 Å². The van der Waals surface area contributed by atoms with Gasteiger partial charge < -0.3 is 20.2 Å². The topological polar surface area (TPSA) is 120 Å². The number of nitrogens with two attached hydrogens (primary N) is 1. The molecule has 0 fully saturated rings. The van der Waals surface area contributed by atoms with Crippen molar-refractivity contribution < 1.29 is 9.53 Å². The number of carbonyl (C=O) groups excluding carboxylic acids is 1. The number of para-hydroxylation sites is 1. The van der Waals surface area contributed by atoms with Gasteiger partial charge in [-0.05, 0) is 24.6 Å². The predicted molar refractivity (Wildman–Crippen MR) is 126 cm³/mol. The van der Waals surface area contributed by atoms with Gasteiger partial charge in [-0.3, -0.25) is 4.79 Å². The Morgan fingerprint density at radius 1 is 1.00 bits per heavy atom. The van der Waals surface area contributed by atoms with Crippen LogP contribution in [0.1, 0.15) is 18.1 Å². The molecule has 0 saturated carbocycles. The maximum atomic E-state index is 13.1. The molecule has 4 heterocycles. The molecule has 1 unspecified atom stereocenters. The fourth-order valence-electron chi connectivity index (χ4n) is 4.25. The quantitative estimate of drug-likeness (QED) is 0.428. The lowest BCUT2D eigenvalue weighted by atomic mass is 9.78. The van der Waals surface area contributed by atoms with Crippen molar-refractivity contribution in [1.29, 1.82) is 0 Å². The van der Waals surface area contributed by atoms with Gasteiger partial charge in [-0.2, -0.15) is 0 Å². The molecule has 0 radical (unpaired) electrons. The Bertz CT molecular complexity index is 1550. The third-order valence-corrected chi connectivity index (χ3v) is 6.00. The summed E-state index contributed by atoms with van der Waals surface area (Å²) < 4.78 is 7.77. The molecular weight excluding hydrogens is 430 g/mol. The molecule has 3 N–H and O–H groups in total. The molecule has 1 atom stereocenters. The van der Waals surface area contributed by atoms with Crippen LogP contribution >= 0.6 is 0 Å². The Morgan fingerprint density at radius 2 is 1.74 bits per heavy atom. The van der Waals surface area contributed by atoms with Crippen LogP contribution in [0, 0.1) is 0 Å². The summed E-state index contributed by atoms with van der Waals surface area (Å²) in [4.78, 5) is 31.2. The molecule has 1 amide bonds. The third-order valence-electron chi connectivity index (χ3n) is 6.00. The summed E-state index contributed by atoms with van der Waals surface area (Å²) in [5, 5.41) is 2.88. The monoisotopic (exact) mass is 449 g/mol. The molecule has 9 heteroatoms. The second kappa shape index (κ2) is 7.38. The number of nitrogen functional groups attached to an aromatic ring is 1. The van der Waals surface area contributed by atoms with E-state index >= 15 is 0 Å². The first-order valence-corrected chi connectivity index (χ1v) is 10.7. The van der Waals surface area contributed by atoms with Gasteiger partial charge in [-0.1, -0.05) is 48.5 Å². The molecule has 2 aromatic carbocycles. The molecule has 1 aliphatic heterocycles. The van der Waals surface area contributed by atoms with Crippen LogP contribution in [-0.2, 0) is 10.2 Å². The van der Waals surface area contributed by atoms with Gasteiger partial charge in [0.2, 0.25) is 11.6 Å². The summed E-state index contributed by atoms with van der Waals surface area (Å²) in [5.74, 6) is 1.56. The van der Waals surface area contributed by atoms with Crippen LogP contribution in [0.4, 0.5) is 11.6 Å². The van der Waals surface area contributed by atoms with E-state index in [1.807, 2.05) is 67.6 Å². The van der Waals surface area contributed by atoms with Crippen molar-refractivity contribution in [3.8, 4) is 23.1 Å². The number of aromatic nitrogens is 5. The number of hydrogen-bond donors (Lipinski definition) is 2. The number of nitrogens with one attached hydrogen (secondary N) is 1. The second-order valence-electron chi connectivity index (χ2n) is 8.11. The number of nitrogens with zero attached hydrogens (tertiary/aromatic N) is 5. The van der Waals surface area contributed by atoms with E-state index in [0.717, 1.165) is 5.56 Å². The van der Waals surface area contributed by atoms with Gasteiger partial charge in [0, 0.05) is 18.6 Å². The molecule has 5 aromatic rings. The molecule has 0 spiro atoms. The highest BCUT2D eigenvalue weighted by Gasteiger charge is 2.47. The maximum Gasteiger partial charge on any atom is 0.264 e. The zero-order valence-electron chi connectivity index (χ0n) is 18.1. The Morgan fingerprint density at radius 3 is 2.50 bits per heavy atom. The molecule has 6 rings (SSSR count). The van der Waals surface area contributed by atoms with Gasteiger partial charge in [0.1, 0.15) is 28.5 Å². The fourth-order valence-corrected chi connectivity index (χ4v) is 4.25. The number of anilines is 2. The van der Waals surface area contributed by atoms with Crippen LogP contribution in [-0.4, -0.2) is 30.2 Å². The highest BCUT2D eigenvalue weighted by molar-refractivity contribution is 6.09. The van der Waals surface area contributed by atoms with E-state index < -0.39 is 5.41 Å². The summed E-state index contributed by atoms with van der Waals surface area (Å²) in [6, 6.07) is 18.8. The van der Waals surface area contributed by atoms with Crippen LogP contribution in [0.5, 0.6) is 11.6 Å². The number of fused-ring (bicyclic) bond motifs is 2. The molecule has 0 saturated heterocycles. The SMILES string of the molecule is CC1(c2ccccc2)C(=O)Nc2nc(-c3cn4ccnc4c(Oc4ccccc4)n3)nc(N)c21. The third kappa shape index (κ3) is 2.98. The Hall–Kier alpha value is -4.79. The van der Waals surface area contributed by atoms with E-state index in [1.54, 1.807) is 23.0 Å². The highest BCUT2D eigenvalue weighted by atomic mass is 16.5. The van der Waals surface area contributed by atoms with E-state index in [4.69, 9.17) is 10.5 Å². The molecule has 3 aromatic heterocycles. The summed E-state index contributed by atoms with van der Waals surface area (Å²) in [6.07, 6.45) is 5.18. The smallest absolute Gasteiger partial charge is 0.264 e. The van der Waals surface area contributed by atoms with Gasteiger partial charge in [0.05, 0.1) is 5.56 Å². The van der Waals surface area contributed by atoms with Crippen LogP contribution in [0.3, 0.4) is 0 Å². The zero-order chi connectivity index (χ0) is 23.3. The Kier molecular flexibility index (Phi) is 4.31. The number of hydrogen-bond acceptors (Lipinski definition) is 7. The summed E-state index contributed by atoms with van der Waals surface area (Å²) >= 11 is 0. The molecule has 0 aliphatic carbocycles. The molecule has 34 heavy (non-hydrogen) atoms. The Balaban J connectivity index is 1.47. The molecule has 0 bridgehead atoms. The first-order chi connectivity index (χ1) is 16.5. The largest absolute Gasteiger partial charge is 0.436 e. The van der Waals surface area contributed by atoms with E-state index in [2.05, 4.69) is 25.3 Å². The summed E-state index contributed by atoms with van der Waals surface area (Å²) in [7, 11) is 0. The van der Waals surface area contributed by atoms with Crippen LogP contribution in [0.2, 0.25) is 0 Å². The summed E-state index contributed by atoms with van der Waals surface area (Å²) in [6.45, 7) is 1.82. The molecular formula is C25H19N7O2. The van der Waals surface area contributed by atoms with E-state index in [9.17, 15) is 4.79 Å². The van der Waals surface area contributed by atoms with Crippen molar-refractivity contribution >= 4 is 23.2 Å². The van der Waals surface area contributed by atoms with Gasteiger partial charge in [-0.15, -0.1) is 0 Å².